The summed E-state index contributed by atoms with van der Waals surface area (Å²) in [4.78, 5) is 5.98. The van der Waals surface area contributed by atoms with Gasteiger partial charge in [0.25, 0.3) is 0 Å². The molecule has 7 aromatic rings. The number of benzene rings is 4. The van der Waals surface area contributed by atoms with Crippen molar-refractivity contribution < 1.29 is 25.8 Å². The Morgan fingerprint density at radius 3 is 2.43 bits per heavy atom. The molecule has 220 valence electrons. The molecule has 7 heteroatoms. The molecule has 3 aromatic heterocycles. The van der Waals surface area contributed by atoms with Crippen molar-refractivity contribution in [1.29, 1.82) is 0 Å². The first kappa shape index (κ1) is 29.9. The van der Waals surface area contributed by atoms with Crippen molar-refractivity contribution in [2.24, 2.45) is 0 Å². The minimum atomic E-state index is 0. The normalized spacial score (nSPS) is 11.2. The van der Waals surface area contributed by atoms with Gasteiger partial charge >= 0.3 is 21.1 Å². The maximum absolute atomic E-state index is 6.34. The van der Waals surface area contributed by atoms with Gasteiger partial charge in [-0.3, -0.25) is 4.68 Å². The summed E-state index contributed by atoms with van der Waals surface area (Å²) in [6.07, 6.45) is 5.82. The van der Waals surface area contributed by atoms with Crippen LogP contribution in [0.5, 0.6) is 11.5 Å². The summed E-state index contributed by atoms with van der Waals surface area (Å²) >= 11 is 1.87. The van der Waals surface area contributed by atoms with Crippen LogP contribution in [0.15, 0.2) is 102 Å². The summed E-state index contributed by atoms with van der Waals surface area (Å²) in [5, 5.41) is 6.92. The minimum absolute atomic E-state index is 0. The van der Waals surface area contributed by atoms with Gasteiger partial charge in [0.05, 0.1) is 6.20 Å². The average molecular weight is 774 g/mol. The van der Waals surface area contributed by atoms with Gasteiger partial charge in [-0.05, 0) is 90.2 Å². The summed E-state index contributed by atoms with van der Waals surface area (Å²) in [5.74, 6) is 3.11. The van der Waals surface area contributed by atoms with Crippen molar-refractivity contribution in [3.05, 3.63) is 126 Å². The third kappa shape index (κ3) is 5.60. The van der Waals surface area contributed by atoms with Crippen LogP contribution >= 0.6 is 11.8 Å². The van der Waals surface area contributed by atoms with Crippen LogP contribution in [0.2, 0.25) is 0 Å². The van der Waals surface area contributed by atoms with E-state index >= 15 is 0 Å². The number of aromatic nitrogens is 4. The van der Waals surface area contributed by atoms with Crippen molar-refractivity contribution in [2.75, 3.05) is 5.75 Å². The summed E-state index contributed by atoms with van der Waals surface area (Å²) in [5.41, 5.74) is 8.75. The molecule has 0 fully saturated rings. The number of fused-ring (bicyclic) bond motifs is 3. The Hall–Kier alpha value is -4.12. The molecule has 0 atom stereocenters. The van der Waals surface area contributed by atoms with E-state index in [-0.39, 0.29) is 21.1 Å². The van der Waals surface area contributed by atoms with Crippen LogP contribution < -0.4 is 4.74 Å². The molecule has 0 bridgehead atoms. The summed E-state index contributed by atoms with van der Waals surface area (Å²) < 4.78 is 10.3. The second-order valence-corrected chi connectivity index (χ2v) is 12.0. The summed E-state index contributed by atoms with van der Waals surface area (Å²) in [6.45, 7) is 8.59. The van der Waals surface area contributed by atoms with Crippen LogP contribution in [0.4, 0.5) is 0 Å². The van der Waals surface area contributed by atoms with E-state index in [1.54, 1.807) is 0 Å². The molecule has 0 spiro atoms. The standard InChI is InChI=1S/C37H30N4OS.Pt/c1-5-43-31-18-25(3)37(26(4)19-31)27-22-39-40(23-27)28-9-8-10-29(20-28)42-30-13-14-33-32-11-6-7-12-34(32)41(35(33)21-30)36-17-24(2)15-16-38-36;/h6-19,22-23H,5H2,1-4H3;/q-2;+2. The number of ether oxygens (including phenoxy) is 1. The number of aryl methyl sites for hydroxylation is 3. The van der Waals surface area contributed by atoms with E-state index in [4.69, 9.17) is 4.74 Å². The number of hydrogen-bond acceptors (Lipinski definition) is 4. The zero-order valence-electron chi connectivity index (χ0n) is 24.9. The summed E-state index contributed by atoms with van der Waals surface area (Å²) in [7, 11) is 0. The average Bonchev–Trinajstić information content (AvgIpc) is 3.60. The van der Waals surface area contributed by atoms with Gasteiger partial charge in [-0.1, -0.05) is 30.6 Å². The van der Waals surface area contributed by atoms with Crippen molar-refractivity contribution >= 4 is 33.6 Å². The Kier molecular flexibility index (Phi) is 8.48. The number of rotatable bonds is 7. The molecule has 4 aromatic carbocycles. The predicted molar refractivity (Wildman–Crippen MR) is 176 cm³/mol. The second kappa shape index (κ2) is 12.5. The van der Waals surface area contributed by atoms with Crippen LogP contribution in [-0.4, -0.2) is 25.1 Å². The smallest absolute Gasteiger partial charge is 0.509 e. The molecule has 5 nitrogen and oxygen atoms in total. The van der Waals surface area contributed by atoms with Gasteiger partial charge < -0.3 is 9.30 Å². The van der Waals surface area contributed by atoms with Crippen LogP contribution in [0.3, 0.4) is 0 Å². The minimum Gasteiger partial charge on any atom is -0.509 e. The molecular weight excluding hydrogens is 744 g/mol. The molecule has 0 radical (unpaired) electrons. The molecule has 0 aliphatic rings. The van der Waals surface area contributed by atoms with E-state index in [1.807, 2.05) is 59.2 Å². The molecule has 3 heterocycles. The fourth-order valence-corrected chi connectivity index (χ4v) is 6.63. The van der Waals surface area contributed by atoms with Gasteiger partial charge in [-0.2, -0.15) is 17.2 Å². The maximum atomic E-state index is 6.34. The van der Waals surface area contributed by atoms with E-state index in [9.17, 15) is 0 Å². The Balaban J connectivity index is 0.00000343. The van der Waals surface area contributed by atoms with Crippen LogP contribution in [-0.2, 0) is 21.1 Å². The first-order valence-corrected chi connectivity index (χ1v) is 15.3. The zero-order chi connectivity index (χ0) is 29.5. The fourth-order valence-electron chi connectivity index (χ4n) is 5.77. The monoisotopic (exact) mass is 773 g/mol. The molecule has 0 aliphatic heterocycles. The van der Waals surface area contributed by atoms with Crippen LogP contribution in [0, 0.1) is 32.9 Å². The van der Waals surface area contributed by atoms with E-state index in [2.05, 4.69) is 109 Å². The molecular formula is C37H30N4OPtS. The van der Waals surface area contributed by atoms with Gasteiger partial charge in [0.15, 0.2) is 0 Å². The SMILES string of the molecule is CCSc1cc(C)c(-c2cnn(-c3[c-]c(Oc4[c-]c5c(cc4)c4ccccc4n5-c4cc(C)ccn4)ccc3)c2)c(C)c1.[Pt+2]. The number of thioether (sulfide) groups is 1. The Labute approximate surface area is 276 Å². The van der Waals surface area contributed by atoms with E-state index in [0.717, 1.165) is 50.2 Å². The van der Waals surface area contributed by atoms with Gasteiger partial charge in [-0.15, -0.1) is 47.5 Å². The van der Waals surface area contributed by atoms with E-state index in [0.29, 0.717) is 11.5 Å². The number of nitrogens with zero attached hydrogens (tertiary/aromatic N) is 4. The first-order chi connectivity index (χ1) is 21.0. The Bertz CT molecular complexity index is 2110. The second-order valence-electron chi connectivity index (χ2n) is 10.7. The van der Waals surface area contributed by atoms with Crippen LogP contribution in [0.25, 0.3) is 44.4 Å². The largest absolute Gasteiger partial charge is 2.00 e. The molecule has 0 N–H and O–H groups in total. The molecule has 44 heavy (non-hydrogen) atoms. The van der Waals surface area contributed by atoms with Crippen molar-refractivity contribution in [3.63, 3.8) is 0 Å². The zero-order valence-corrected chi connectivity index (χ0v) is 28.0. The van der Waals surface area contributed by atoms with Crippen LogP contribution in [0.1, 0.15) is 23.6 Å². The Morgan fingerprint density at radius 2 is 1.64 bits per heavy atom. The van der Waals surface area contributed by atoms with E-state index < -0.39 is 0 Å². The third-order valence-electron chi connectivity index (χ3n) is 7.60. The van der Waals surface area contributed by atoms with Gasteiger partial charge in [0, 0.05) is 39.9 Å². The van der Waals surface area contributed by atoms with Crippen molar-refractivity contribution in [1.82, 2.24) is 19.3 Å². The topological polar surface area (TPSA) is 44.9 Å². The van der Waals surface area contributed by atoms with Crippen molar-refractivity contribution in [3.8, 4) is 34.1 Å². The van der Waals surface area contributed by atoms with Gasteiger partial charge in [-0.25, -0.2) is 4.98 Å². The van der Waals surface area contributed by atoms with Gasteiger partial charge in [0.2, 0.25) is 0 Å². The molecule has 0 unspecified atom stereocenters. The predicted octanol–water partition coefficient (Wildman–Crippen LogP) is 9.46. The maximum Gasteiger partial charge on any atom is 2.00 e. The number of para-hydroxylation sites is 1. The Morgan fingerprint density at radius 1 is 0.841 bits per heavy atom. The van der Waals surface area contributed by atoms with Gasteiger partial charge in [0.1, 0.15) is 5.82 Å². The molecule has 0 aliphatic carbocycles. The molecule has 7 rings (SSSR count). The fraction of sp³-hybridized carbons (Fsp3) is 0.135. The number of hydrogen-bond donors (Lipinski definition) is 0. The number of pyridine rings is 1. The first-order valence-electron chi connectivity index (χ1n) is 14.4. The molecule has 0 saturated heterocycles. The third-order valence-corrected chi connectivity index (χ3v) is 8.45. The molecule has 0 saturated carbocycles. The van der Waals surface area contributed by atoms with E-state index in [1.165, 1.54) is 21.6 Å². The van der Waals surface area contributed by atoms with Crippen molar-refractivity contribution in [2.45, 2.75) is 32.6 Å². The summed E-state index contributed by atoms with van der Waals surface area (Å²) in [6, 6.07) is 33.8. The quantitative estimate of drug-likeness (QED) is 0.120. The molecule has 0 amide bonds.